The van der Waals surface area contributed by atoms with Crippen molar-refractivity contribution in [3.05, 3.63) is 54.2 Å². The zero-order chi connectivity index (χ0) is 16.1. The van der Waals surface area contributed by atoms with Crippen LogP contribution in [0.1, 0.15) is 5.56 Å². The molecule has 7 heteroatoms. The maximum absolute atomic E-state index is 11.8. The SMILES string of the molecule is Cc1ccc(-c2noc(SCC(=O)Nc3ccccn3)n2)cc1. The Morgan fingerprint density at radius 1 is 1.22 bits per heavy atom. The number of benzene rings is 1. The first kappa shape index (κ1) is 15.2. The topological polar surface area (TPSA) is 80.9 Å². The Bertz CT molecular complexity index is 787. The van der Waals surface area contributed by atoms with Crippen molar-refractivity contribution in [2.75, 3.05) is 11.1 Å². The smallest absolute Gasteiger partial charge is 0.286 e. The van der Waals surface area contributed by atoms with Crippen LogP contribution in [-0.2, 0) is 4.79 Å². The molecular formula is C16H14N4O2S. The van der Waals surface area contributed by atoms with E-state index in [4.69, 9.17) is 4.52 Å². The normalized spacial score (nSPS) is 10.5. The highest BCUT2D eigenvalue weighted by Crippen LogP contribution is 2.21. The molecule has 0 saturated heterocycles. The quantitative estimate of drug-likeness (QED) is 0.725. The van der Waals surface area contributed by atoms with Crippen molar-refractivity contribution >= 4 is 23.5 Å². The third-order valence-electron chi connectivity index (χ3n) is 2.98. The highest BCUT2D eigenvalue weighted by molar-refractivity contribution is 7.99. The summed E-state index contributed by atoms with van der Waals surface area (Å²) < 4.78 is 5.16. The average molecular weight is 326 g/mol. The van der Waals surface area contributed by atoms with Crippen molar-refractivity contribution < 1.29 is 9.32 Å². The second kappa shape index (κ2) is 7.06. The Balaban J connectivity index is 1.57. The number of carbonyl (C=O) groups excluding carboxylic acids is 1. The fraction of sp³-hybridized carbons (Fsp3) is 0.125. The van der Waals surface area contributed by atoms with Gasteiger partial charge in [0.05, 0.1) is 5.75 Å². The molecule has 0 unspecified atom stereocenters. The maximum Gasteiger partial charge on any atom is 0.286 e. The lowest BCUT2D eigenvalue weighted by atomic mass is 10.1. The molecule has 2 aromatic heterocycles. The number of hydrogen-bond acceptors (Lipinski definition) is 6. The van der Waals surface area contributed by atoms with Crippen LogP contribution in [0.4, 0.5) is 5.82 Å². The third kappa shape index (κ3) is 4.17. The lowest BCUT2D eigenvalue weighted by Gasteiger charge is -2.01. The minimum atomic E-state index is -0.177. The molecule has 1 N–H and O–H groups in total. The summed E-state index contributed by atoms with van der Waals surface area (Å²) in [7, 11) is 0. The number of amides is 1. The first-order valence-electron chi connectivity index (χ1n) is 6.95. The number of nitrogens with one attached hydrogen (secondary N) is 1. The number of aryl methyl sites for hydroxylation is 1. The summed E-state index contributed by atoms with van der Waals surface area (Å²) in [5.41, 5.74) is 2.04. The number of anilines is 1. The van der Waals surface area contributed by atoms with E-state index in [2.05, 4.69) is 20.4 Å². The molecule has 0 aliphatic heterocycles. The Labute approximate surface area is 137 Å². The van der Waals surface area contributed by atoms with Crippen LogP contribution in [0.5, 0.6) is 0 Å². The largest absolute Gasteiger partial charge is 0.327 e. The van der Waals surface area contributed by atoms with E-state index in [1.807, 2.05) is 37.3 Å². The molecule has 0 aliphatic carbocycles. The van der Waals surface area contributed by atoms with Crippen LogP contribution >= 0.6 is 11.8 Å². The van der Waals surface area contributed by atoms with Gasteiger partial charge in [-0.15, -0.1) is 0 Å². The van der Waals surface area contributed by atoms with Crippen molar-refractivity contribution in [1.29, 1.82) is 0 Å². The molecule has 0 radical (unpaired) electrons. The molecule has 0 saturated carbocycles. The molecule has 0 fully saturated rings. The van der Waals surface area contributed by atoms with Crippen LogP contribution in [0.2, 0.25) is 0 Å². The lowest BCUT2D eigenvalue weighted by Crippen LogP contribution is -2.14. The van der Waals surface area contributed by atoms with Crippen molar-refractivity contribution in [3.63, 3.8) is 0 Å². The van der Waals surface area contributed by atoms with Crippen molar-refractivity contribution in [1.82, 2.24) is 15.1 Å². The summed E-state index contributed by atoms with van der Waals surface area (Å²) in [4.78, 5) is 20.1. The van der Waals surface area contributed by atoms with E-state index in [-0.39, 0.29) is 11.7 Å². The Kier molecular flexibility index (Phi) is 4.68. The molecule has 0 spiro atoms. The first-order chi connectivity index (χ1) is 11.2. The van der Waals surface area contributed by atoms with Crippen molar-refractivity contribution in [3.8, 4) is 11.4 Å². The van der Waals surface area contributed by atoms with Gasteiger partial charge in [0.2, 0.25) is 11.7 Å². The summed E-state index contributed by atoms with van der Waals surface area (Å²) in [6, 6.07) is 13.2. The minimum absolute atomic E-state index is 0.173. The second-order valence-corrected chi connectivity index (χ2v) is 5.73. The number of rotatable bonds is 5. The Morgan fingerprint density at radius 2 is 2.04 bits per heavy atom. The summed E-state index contributed by atoms with van der Waals surface area (Å²) in [6.07, 6.45) is 1.62. The second-order valence-electron chi connectivity index (χ2n) is 4.80. The van der Waals surface area contributed by atoms with Crippen LogP contribution in [0.15, 0.2) is 58.4 Å². The predicted octanol–water partition coefficient (Wildman–Crippen LogP) is 3.17. The number of pyridine rings is 1. The molecule has 6 nitrogen and oxygen atoms in total. The number of aromatic nitrogens is 3. The van der Waals surface area contributed by atoms with Gasteiger partial charge >= 0.3 is 0 Å². The minimum Gasteiger partial charge on any atom is -0.327 e. The van der Waals surface area contributed by atoms with Gasteiger partial charge in [-0.25, -0.2) is 4.98 Å². The van der Waals surface area contributed by atoms with Gasteiger partial charge in [0, 0.05) is 11.8 Å². The number of nitrogens with zero attached hydrogens (tertiary/aromatic N) is 3. The number of carbonyl (C=O) groups is 1. The Morgan fingerprint density at radius 3 is 2.78 bits per heavy atom. The molecule has 0 bridgehead atoms. The van der Waals surface area contributed by atoms with E-state index < -0.39 is 0 Å². The monoisotopic (exact) mass is 326 g/mol. The average Bonchev–Trinajstić information content (AvgIpc) is 3.04. The first-order valence-corrected chi connectivity index (χ1v) is 7.94. The number of thioether (sulfide) groups is 1. The molecule has 2 heterocycles. The summed E-state index contributed by atoms with van der Waals surface area (Å²) in [5, 5.41) is 6.98. The van der Waals surface area contributed by atoms with Crippen molar-refractivity contribution in [2.45, 2.75) is 12.1 Å². The van der Waals surface area contributed by atoms with Gasteiger partial charge in [0.1, 0.15) is 5.82 Å². The van der Waals surface area contributed by atoms with Crippen LogP contribution in [0, 0.1) is 6.92 Å². The molecule has 116 valence electrons. The van der Waals surface area contributed by atoms with Crippen molar-refractivity contribution in [2.24, 2.45) is 0 Å². The zero-order valence-electron chi connectivity index (χ0n) is 12.4. The standard InChI is InChI=1S/C16H14N4O2S/c1-11-5-7-12(8-6-11)15-19-16(22-20-15)23-10-14(21)18-13-4-2-3-9-17-13/h2-9H,10H2,1H3,(H,17,18,21). The van der Waals surface area contributed by atoms with Crippen LogP contribution < -0.4 is 5.32 Å². The van der Waals surface area contributed by atoms with Gasteiger partial charge in [-0.2, -0.15) is 4.98 Å². The van der Waals surface area contributed by atoms with E-state index in [9.17, 15) is 4.79 Å². The molecule has 0 aliphatic rings. The van der Waals surface area contributed by atoms with E-state index in [1.165, 1.54) is 11.8 Å². The summed E-state index contributed by atoms with van der Waals surface area (Å²) in [6.45, 7) is 2.02. The van der Waals surface area contributed by atoms with E-state index >= 15 is 0 Å². The highest BCUT2D eigenvalue weighted by atomic mass is 32.2. The molecule has 3 aromatic rings. The van der Waals surface area contributed by atoms with Crippen LogP contribution in [0.3, 0.4) is 0 Å². The predicted molar refractivity (Wildman–Crippen MR) is 88.1 cm³/mol. The van der Waals surface area contributed by atoms with Gasteiger partial charge in [-0.05, 0) is 19.1 Å². The molecule has 23 heavy (non-hydrogen) atoms. The molecular weight excluding hydrogens is 312 g/mol. The molecule has 0 atom stereocenters. The molecule has 1 amide bonds. The Hall–Kier alpha value is -2.67. The fourth-order valence-electron chi connectivity index (χ4n) is 1.83. The summed E-state index contributed by atoms with van der Waals surface area (Å²) >= 11 is 1.19. The summed E-state index contributed by atoms with van der Waals surface area (Å²) in [5.74, 6) is 1.02. The van der Waals surface area contributed by atoms with Crippen LogP contribution in [0.25, 0.3) is 11.4 Å². The zero-order valence-corrected chi connectivity index (χ0v) is 13.2. The van der Waals surface area contributed by atoms with Gasteiger partial charge < -0.3 is 9.84 Å². The van der Waals surface area contributed by atoms with Gasteiger partial charge in [0.15, 0.2) is 0 Å². The van der Waals surface area contributed by atoms with Gasteiger partial charge in [-0.1, -0.05) is 52.8 Å². The molecule has 1 aromatic carbocycles. The van der Waals surface area contributed by atoms with E-state index in [1.54, 1.807) is 18.3 Å². The van der Waals surface area contributed by atoms with Gasteiger partial charge in [0.25, 0.3) is 5.22 Å². The number of hydrogen-bond donors (Lipinski definition) is 1. The maximum atomic E-state index is 11.8. The molecule has 3 rings (SSSR count). The lowest BCUT2D eigenvalue weighted by molar-refractivity contribution is -0.113. The third-order valence-corrected chi connectivity index (χ3v) is 3.80. The van der Waals surface area contributed by atoms with Crippen LogP contribution in [-0.4, -0.2) is 26.8 Å². The highest BCUT2D eigenvalue weighted by Gasteiger charge is 2.11. The van der Waals surface area contributed by atoms with E-state index in [0.717, 1.165) is 11.1 Å². The van der Waals surface area contributed by atoms with E-state index in [0.29, 0.717) is 16.9 Å². The fourth-order valence-corrected chi connectivity index (χ4v) is 2.40. The van der Waals surface area contributed by atoms with Gasteiger partial charge in [-0.3, -0.25) is 4.79 Å².